The molecule has 0 aliphatic carbocycles. The van der Waals surface area contributed by atoms with Crippen LogP contribution in [0.3, 0.4) is 0 Å². The van der Waals surface area contributed by atoms with Crippen molar-refractivity contribution in [3.8, 4) is 0 Å². The summed E-state index contributed by atoms with van der Waals surface area (Å²) in [7, 11) is 2.07. The lowest BCUT2D eigenvalue weighted by molar-refractivity contribution is 0.276. The molecule has 1 unspecified atom stereocenters. The molecule has 8 heavy (non-hydrogen) atoms. The predicted molar refractivity (Wildman–Crippen MR) is 37.9 cm³/mol. The molecular formula is C5H12N2S. The minimum atomic E-state index is 0.300. The molecule has 0 amide bonds. The summed E-state index contributed by atoms with van der Waals surface area (Å²) in [6, 6.07) is 0. The third-order valence-corrected chi connectivity index (χ3v) is 2.49. The van der Waals surface area contributed by atoms with Crippen LogP contribution in [0.25, 0.3) is 0 Å². The Hall–Kier alpha value is 0.270. The lowest BCUT2D eigenvalue weighted by Gasteiger charge is -2.28. The summed E-state index contributed by atoms with van der Waals surface area (Å²) in [6.07, 6.45) is 0.300. The molecule has 0 bridgehead atoms. The Labute approximate surface area is 54.4 Å². The van der Waals surface area contributed by atoms with Crippen molar-refractivity contribution in [2.45, 2.75) is 6.17 Å². The molecule has 1 aliphatic heterocycles. The van der Waals surface area contributed by atoms with Crippen molar-refractivity contribution in [1.29, 1.82) is 0 Å². The summed E-state index contributed by atoms with van der Waals surface area (Å²) in [4.78, 5) is 2.19. The van der Waals surface area contributed by atoms with Crippen molar-refractivity contribution in [2.75, 3.05) is 25.1 Å². The smallest absolute Gasteiger partial charge is 0.0662 e. The molecule has 0 aromatic carbocycles. The van der Waals surface area contributed by atoms with Crippen LogP contribution in [0.15, 0.2) is 0 Å². The summed E-state index contributed by atoms with van der Waals surface area (Å²) in [5.74, 6) is 2.33. The monoisotopic (exact) mass is 132 g/mol. The van der Waals surface area contributed by atoms with Gasteiger partial charge in [0, 0.05) is 18.1 Å². The van der Waals surface area contributed by atoms with Gasteiger partial charge in [-0.3, -0.25) is 4.90 Å². The number of rotatable bonds is 0. The third kappa shape index (κ3) is 1.37. The quantitative estimate of drug-likeness (QED) is 0.501. The minimum Gasteiger partial charge on any atom is -0.315 e. The SMILES string of the molecule is CN1CCSCC1N. The molecule has 1 saturated heterocycles. The van der Waals surface area contributed by atoms with Gasteiger partial charge < -0.3 is 5.73 Å². The highest BCUT2D eigenvalue weighted by Crippen LogP contribution is 2.09. The fourth-order valence-corrected chi connectivity index (χ4v) is 1.79. The topological polar surface area (TPSA) is 29.3 Å². The van der Waals surface area contributed by atoms with E-state index in [2.05, 4.69) is 11.9 Å². The zero-order chi connectivity index (χ0) is 5.98. The van der Waals surface area contributed by atoms with Crippen molar-refractivity contribution in [3.05, 3.63) is 0 Å². The van der Waals surface area contributed by atoms with E-state index in [1.165, 1.54) is 5.75 Å². The maximum absolute atomic E-state index is 5.68. The molecule has 1 rings (SSSR count). The average Bonchev–Trinajstić information content (AvgIpc) is 1.77. The average molecular weight is 132 g/mol. The van der Waals surface area contributed by atoms with E-state index in [1.807, 2.05) is 11.8 Å². The van der Waals surface area contributed by atoms with Gasteiger partial charge in [0.1, 0.15) is 0 Å². The lowest BCUT2D eigenvalue weighted by Crippen LogP contribution is -2.45. The van der Waals surface area contributed by atoms with Crippen LogP contribution >= 0.6 is 11.8 Å². The van der Waals surface area contributed by atoms with Gasteiger partial charge in [-0.1, -0.05) is 0 Å². The molecule has 0 radical (unpaired) electrons. The fraction of sp³-hybridized carbons (Fsp3) is 1.00. The van der Waals surface area contributed by atoms with Gasteiger partial charge in [0.15, 0.2) is 0 Å². The van der Waals surface area contributed by atoms with E-state index in [9.17, 15) is 0 Å². The summed E-state index contributed by atoms with van der Waals surface area (Å²) < 4.78 is 0. The summed E-state index contributed by atoms with van der Waals surface area (Å²) in [6.45, 7) is 1.14. The number of nitrogens with zero attached hydrogens (tertiary/aromatic N) is 1. The van der Waals surface area contributed by atoms with Crippen LogP contribution < -0.4 is 5.73 Å². The van der Waals surface area contributed by atoms with Crippen LogP contribution in [0.5, 0.6) is 0 Å². The Balaban J connectivity index is 2.28. The molecule has 48 valence electrons. The van der Waals surface area contributed by atoms with Crippen molar-refractivity contribution in [2.24, 2.45) is 5.73 Å². The Morgan fingerprint density at radius 2 is 2.50 bits per heavy atom. The number of nitrogens with two attached hydrogens (primary N) is 1. The number of thioether (sulfide) groups is 1. The first-order chi connectivity index (χ1) is 3.80. The maximum atomic E-state index is 5.68. The second-order valence-corrected chi connectivity index (χ2v) is 3.27. The molecule has 1 atom stereocenters. The van der Waals surface area contributed by atoms with Gasteiger partial charge in [-0.2, -0.15) is 11.8 Å². The highest BCUT2D eigenvalue weighted by Gasteiger charge is 2.13. The molecular weight excluding hydrogens is 120 g/mol. The Bertz CT molecular complexity index is 66.8. The molecule has 0 spiro atoms. The first kappa shape index (κ1) is 6.39. The van der Waals surface area contributed by atoms with Gasteiger partial charge in [0.05, 0.1) is 6.17 Å². The Kier molecular flexibility index (Phi) is 2.16. The van der Waals surface area contributed by atoms with Gasteiger partial charge in [0.2, 0.25) is 0 Å². The van der Waals surface area contributed by atoms with Crippen molar-refractivity contribution >= 4 is 11.8 Å². The van der Waals surface area contributed by atoms with Gasteiger partial charge >= 0.3 is 0 Å². The third-order valence-electron chi connectivity index (χ3n) is 1.44. The second-order valence-electron chi connectivity index (χ2n) is 2.12. The highest BCUT2D eigenvalue weighted by atomic mass is 32.2. The molecule has 1 aliphatic rings. The number of hydrogen-bond acceptors (Lipinski definition) is 3. The van der Waals surface area contributed by atoms with Crippen molar-refractivity contribution < 1.29 is 0 Å². The largest absolute Gasteiger partial charge is 0.315 e. The summed E-state index contributed by atoms with van der Waals surface area (Å²) >= 11 is 1.94. The lowest BCUT2D eigenvalue weighted by atomic mass is 10.5. The molecule has 1 fully saturated rings. The molecule has 3 heteroatoms. The van der Waals surface area contributed by atoms with Gasteiger partial charge in [-0.25, -0.2) is 0 Å². The molecule has 0 aromatic heterocycles. The van der Waals surface area contributed by atoms with Crippen LogP contribution in [0.4, 0.5) is 0 Å². The normalized spacial score (nSPS) is 33.0. The van der Waals surface area contributed by atoms with E-state index >= 15 is 0 Å². The van der Waals surface area contributed by atoms with E-state index < -0.39 is 0 Å². The van der Waals surface area contributed by atoms with E-state index in [0.29, 0.717) is 6.17 Å². The van der Waals surface area contributed by atoms with Crippen LogP contribution in [-0.4, -0.2) is 36.2 Å². The van der Waals surface area contributed by atoms with E-state index in [0.717, 1.165) is 12.3 Å². The van der Waals surface area contributed by atoms with Gasteiger partial charge in [-0.05, 0) is 7.05 Å². The molecule has 1 heterocycles. The minimum absolute atomic E-state index is 0.300. The summed E-state index contributed by atoms with van der Waals surface area (Å²) in [5.41, 5.74) is 5.68. The predicted octanol–water partition coefficient (Wildman–Crippen LogP) is -0.0502. The fourth-order valence-electron chi connectivity index (χ4n) is 0.706. The van der Waals surface area contributed by atoms with Gasteiger partial charge in [0.25, 0.3) is 0 Å². The Morgan fingerprint density at radius 3 is 2.88 bits per heavy atom. The van der Waals surface area contributed by atoms with Gasteiger partial charge in [-0.15, -0.1) is 0 Å². The second kappa shape index (κ2) is 2.71. The molecule has 0 aromatic rings. The Morgan fingerprint density at radius 1 is 1.75 bits per heavy atom. The van der Waals surface area contributed by atoms with E-state index in [-0.39, 0.29) is 0 Å². The van der Waals surface area contributed by atoms with Crippen LogP contribution in [-0.2, 0) is 0 Å². The van der Waals surface area contributed by atoms with E-state index in [1.54, 1.807) is 0 Å². The molecule has 2 N–H and O–H groups in total. The van der Waals surface area contributed by atoms with Crippen LogP contribution in [0.1, 0.15) is 0 Å². The van der Waals surface area contributed by atoms with E-state index in [4.69, 9.17) is 5.73 Å². The van der Waals surface area contributed by atoms with Crippen molar-refractivity contribution in [3.63, 3.8) is 0 Å². The first-order valence-electron chi connectivity index (χ1n) is 2.84. The maximum Gasteiger partial charge on any atom is 0.0662 e. The first-order valence-corrected chi connectivity index (χ1v) is 4.00. The highest BCUT2D eigenvalue weighted by molar-refractivity contribution is 7.99. The molecule has 0 saturated carbocycles. The zero-order valence-electron chi connectivity index (χ0n) is 5.13. The molecule has 2 nitrogen and oxygen atoms in total. The van der Waals surface area contributed by atoms with Crippen LogP contribution in [0, 0.1) is 0 Å². The summed E-state index contributed by atoms with van der Waals surface area (Å²) in [5, 5.41) is 0. The van der Waals surface area contributed by atoms with Crippen molar-refractivity contribution in [1.82, 2.24) is 4.90 Å². The standard InChI is InChI=1S/C5H12N2S/c1-7-2-3-8-4-5(7)6/h5H,2-4,6H2,1H3. The number of hydrogen-bond donors (Lipinski definition) is 1. The zero-order valence-corrected chi connectivity index (χ0v) is 5.95. The van der Waals surface area contributed by atoms with Crippen LogP contribution in [0.2, 0.25) is 0 Å².